The molecule has 0 bridgehead atoms. The van der Waals surface area contributed by atoms with Gasteiger partial charge >= 0.3 is 0 Å². The van der Waals surface area contributed by atoms with Gasteiger partial charge in [0.15, 0.2) is 11.6 Å². The first-order valence-electron chi connectivity index (χ1n) is 9.78. The number of rotatable bonds is 6. The molecule has 1 aromatic heterocycles. The number of ether oxygens (including phenoxy) is 1. The highest BCUT2D eigenvalue weighted by atomic mass is 19.1. The molecule has 4 rings (SSSR count). The average molecular weight is 417 g/mol. The van der Waals surface area contributed by atoms with Crippen LogP contribution in [0.15, 0.2) is 30.5 Å². The lowest BCUT2D eigenvalue weighted by Crippen LogP contribution is -2.44. The van der Waals surface area contributed by atoms with Crippen LogP contribution in [-0.2, 0) is 12.8 Å². The summed E-state index contributed by atoms with van der Waals surface area (Å²) in [5.41, 5.74) is 7.27. The number of amides is 1. The van der Waals surface area contributed by atoms with Crippen LogP contribution in [0.3, 0.4) is 0 Å². The van der Waals surface area contributed by atoms with Crippen LogP contribution >= 0.6 is 0 Å². The van der Waals surface area contributed by atoms with Crippen molar-refractivity contribution >= 4 is 16.8 Å². The molecule has 1 aliphatic heterocycles. The van der Waals surface area contributed by atoms with E-state index in [9.17, 15) is 18.0 Å². The monoisotopic (exact) mass is 417 g/mol. The minimum Gasteiger partial charge on any atom is -0.489 e. The number of hydrogen-bond donors (Lipinski definition) is 3. The van der Waals surface area contributed by atoms with E-state index in [0.29, 0.717) is 35.7 Å². The summed E-state index contributed by atoms with van der Waals surface area (Å²) in [4.78, 5) is 14.5. The van der Waals surface area contributed by atoms with Gasteiger partial charge in [0, 0.05) is 40.9 Å². The van der Waals surface area contributed by atoms with Gasteiger partial charge in [0.05, 0.1) is 5.52 Å². The molecule has 5 nitrogen and oxygen atoms in total. The number of benzene rings is 2. The number of aromatic nitrogens is 1. The number of carbonyl (C=O) groups is 1. The van der Waals surface area contributed by atoms with E-state index in [2.05, 4.69) is 10.3 Å². The summed E-state index contributed by atoms with van der Waals surface area (Å²) >= 11 is 0. The SMILES string of the molecule is CC(CCc1c[nH]c2c(F)cc(F)cc12)NC1COc2c(F)ccc(C(N)=O)c2C1. The van der Waals surface area contributed by atoms with Crippen molar-refractivity contribution in [2.24, 2.45) is 5.73 Å². The van der Waals surface area contributed by atoms with Crippen molar-refractivity contribution in [3.8, 4) is 5.75 Å². The molecule has 30 heavy (non-hydrogen) atoms. The fraction of sp³-hybridized carbons (Fsp3) is 0.318. The van der Waals surface area contributed by atoms with Gasteiger partial charge in [-0.05, 0) is 49.9 Å². The molecule has 2 unspecified atom stereocenters. The maximum atomic E-state index is 14.0. The number of carbonyl (C=O) groups excluding carboxylic acids is 1. The Hall–Kier alpha value is -3.00. The standard InChI is InChI=1S/C22H22F3N3O2/c1-11(2-3-12-9-27-20-16(12)6-13(23)7-19(20)25)28-14-8-17-15(22(26)29)4-5-18(24)21(17)30-10-14/h4-7,9,11,14,27-28H,2-3,8,10H2,1H3,(H2,26,29). The third-order valence-corrected chi connectivity index (χ3v) is 5.52. The predicted molar refractivity (Wildman–Crippen MR) is 107 cm³/mol. The molecule has 0 fully saturated rings. The van der Waals surface area contributed by atoms with Gasteiger partial charge in [0.25, 0.3) is 0 Å². The molecule has 0 saturated heterocycles. The zero-order valence-electron chi connectivity index (χ0n) is 16.4. The van der Waals surface area contributed by atoms with Gasteiger partial charge in [0.1, 0.15) is 18.2 Å². The fourth-order valence-electron chi connectivity index (χ4n) is 4.06. The van der Waals surface area contributed by atoms with E-state index in [0.717, 1.165) is 11.6 Å². The lowest BCUT2D eigenvalue weighted by atomic mass is 9.95. The summed E-state index contributed by atoms with van der Waals surface area (Å²) in [6.45, 7) is 2.26. The molecule has 1 amide bonds. The van der Waals surface area contributed by atoms with Crippen LogP contribution in [0.1, 0.15) is 34.8 Å². The highest BCUT2D eigenvalue weighted by molar-refractivity contribution is 5.95. The van der Waals surface area contributed by atoms with Gasteiger partial charge in [-0.25, -0.2) is 13.2 Å². The predicted octanol–water partition coefficient (Wildman–Crippen LogP) is 3.60. The Morgan fingerprint density at radius 2 is 2.10 bits per heavy atom. The zero-order chi connectivity index (χ0) is 21.4. The van der Waals surface area contributed by atoms with Crippen molar-refractivity contribution < 1.29 is 22.7 Å². The minimum atomic E-state index is -0.623. The summed E-state index contributed by atoms with van der Waals surface area (Å²) in [5.74, 6) is -2.28. The largest absolute Gasteiger partial charge is 0.489 e. The summed E-state index contributed by atoms with van der Waals surface area (Å²) < 4.78 is 47.0. The van der Waals surface area contributed by atoms with Crippen LogP contribution < -0.4 is 15.8 Å². The quantitative estimate of drug-likeness (QED) is 0.573. The number of H-pyrrole nitrogens is 1. The molecule has 0 saturated carbocycles. The number of hydrogen-bond acceptors (Lipinski definition) is 3. The van der Waals surface area contributed by atoms with Gasteiger partial charge in [-0.3, -0.25) is 4.79 Å². The van der Waals surface area contributed by atoms with Gasteiger partial charge in [0.2, 0.25) is 5.91 Å². The molecule has 2 atom stereocenters. The number of nitrogens with two attached hydrogens (primary N) is 1. The molecular formula is C22H22F3N3O2. The summed E-state index contributed by atoms with van der Waals surface area (Å²) in [6, 6.07) is 4.67. The van der Waals surface area contributed by atoms with Crippen molar-refractivity contribution in [1.82, 2.24) is 10.3 Å². The molecule has 158 valence electrons. The van der Waals surface area contributed by atoms with Crippen molar-refractivity contribution in [3.63, 3.8) is 0 Å². The van der Waals surface area contributed by atoms with Crippen molar-refractivity contribution in [3.05, 3.63) is 64.6 Å². The first-order valence-corrected chi connectivity index (χ1v) is 9.78. The topological polar surface area (TPSA) is 80.1 Å². The van der Waals surface area contributed by atoms with E-state index in [-0.39, 0.29) is 30.0 Å². The average Bonchev–Trinajstić information content (AvgIpc) is 3.09. The second-order valence-corrected chi connectivity index (χ2v) is 7.71. The summed E-state index contributed by atoms with van der Waals surface area (Å²) in [6.07, 6.45) is 3.43. The molecule has 0 spiro atoms. The number of aromatic amines is 1. The van der Waals surface area contributed by atoms with E-state index in [1.54, 1.807) is 6.20 Å². The lowest BCUT2D eigenvalue weighted by Gasteiger charge is -2.30. The Morgan fingerprint density at radius 1 is 1.30 bits per heavy atom. The number of nitrogens with one attached hydrogen (secondary N) is 2. The fourth-order valence-corrected chi connectivity index (χ4v) is 4.06. The van der Waals surface area contributed by atoms with Crippen molar-refractivity contribution in [2.45, 2.75) is 38.3 Å². The lowest BCUT2D eigenvalue weighted by molar-refractivity contribution is 0.0997. The van der Waals surface area contributed by atoms with Crippen LogP contribution in [0.25, 0.3) is 10.9 Å². The van der Waals surface area contributed by atoms with Crippen LogP contribution in [-0.4, -0.2) is 29.6 Å². The summed E-state index contributed by atoms with van der Waals surface area (Å²) in [7, 11) is 0. The molecule has 2 aromatic carbocycles. The van der Waals surface area contributed by atoms with E-state index >= 15 is 0 Å². The minimum absolute atomic E-state index is 0.0501. The molecule has 8 heteroatoms. The number of fused-ring (bicyclic) bond motifs is 2. The number of primary amides is 1. The van der Waals surface area contributed by atoms with E-state index in [4.69, 9.17) is 10.5 Å². The molecular weight excluding hydrogens is 395 g/mol. The highest BCUT2D eigenvalue weighted by Crippen LogP contribution is 2.31. The van der Waals surface area contributed by atoms with Gasteiger partial charge in [-0.2, -0.15) is 0 Å². The first kappa shape index (κ1) is 20.3. The second kappa shape index (κ2) is 8.02. The van der Waals surface area contributed by atoms with Crippen LogP contribution in [0, 0.1) is 17.5 Å². The normalized spacial score (nSPS) is 16.9. The first-order chi connectivity index (χ1) is 14.3. The molecule has 0 radical (unpaired) electrons. The molecule has 2 heterocycles. The Morgan fingerprint density at radius 3 is 2.87 bits per heavy atom. The van der Waals surface area contributed by atoms with Crippen LogP contribution in [0.2, 0.25) is 0 Å². The second-order valence-electron chi connectivity index (χ2n) is 7.71. The smallest absolute Gasteiger partial charge is 0.249 e. The zero-order valence-corrected chi connectivity index (χ0v) is 16.4. The molecule has 0 aliphatic carbocycles. The van der Waals surface area contributed by atoms with Gasteiger partial charge < -0.3 is 20.8 Å². The maximum Gasteiger partial charge on any atom is 0.249 e. The Labute approximate surface area is 171 Å². The van der Waals surface area contributed by atoms with E-state index < -0.39 is 23.4 Å². The Balaban J connectivity index is 1.42. The van der Waals surface area contributed by atoms with E-state index in [1.165, 1.54) is 18.2 Å². The third kappa shape index (κ3) is 3.87. The molecule has 4 N–H and O–H groups in total. The molecule has 1 aliphatic rings. The van der Waals surface area contributed by atoms with E-state index in [1.807, 2.05) is 6.92 Å². The Bertz CT molecular complexity index is 1110. The number of aryl methyl sites for hydroxylation is 1. The van der Waals surface area contributed by atoms with Crippen LogP contribution in [0.5, 0.6) is 5.75 Å². The van der Waals surface area contributed by atoms with Gasteiger partial charge in [-0.15, -0.1) is 0 Å². The molecule has 3 aromatic rings. The highest BCUT2D eigenvalue weighted by Gasteiger charge is 2.27. The van der Waals surface area contributed by atoms with Gasteiger partial charge in [-0.1, -0.05) is 0 Å². The van der Waals surface area contributed by atoms with Crippen molar-refractivity contribution in [1.29, 1.82) is 0 Å². The maximum absolute atomic E-state index is 14.0. The van der Waals surface area contributed by atoms with Crippen LogP contribution in [0.4, 0.5) is 13.2 Å². The number of halogens is 3. The third-order valence-electron chi connectivity index (χ3n) is 5.52. The summed E-state index contributed by atoms with van der Waals surface area (Å²) in [5, 5.41) is 3.96. The van der Waals surface area contributed by atoms with Crippen molar-refractivity contribution in [2.75, 3.05) is 6.61 Å². The Kier molecular flexibility index (Phi) is 5.42.